The van der Waals surface area contributed by atoms with Gasteiger partial charge >= 0.3 is 0 Å². The molecule has 2 unspecified atom stereocenters. The first-order valence-corrected chi connectivity index (χ1v) is 11.2. The zero-order valence-corrected chi connectivity index (χ0v) is 18.8. The summed E-state index contributed by atoms with van der Waals surface area (Å²) < 4.78 is 0. The van der Waals surface area contributed by atoms with E-state index in [1.807, 2.05) is 18.0 Å². The number of rotatable bonds is 8. The van der Waals surface area contributed by atoms with Crippen LogP contribution in [0.2, 0.25) is 0 Å². The molecule has 3 rings (SSSR count). The second-order valence-electron chi connectivity index (χ2n) is 8.67. The summed E-state index contributed by atoms with van der Waals surface area (Å²) in [5.74, 6) is 1.43. The van der Waals surface area contributed by atoms with Crippen molar-refractivity contribution >= 4 is 11.9 Å². The van der Waals surface area contributed by atoms with Crippen LogP contribution < -0.4 is 10.6 Å². The van der Waals surface area contributed by atoms with Crippen molar-refractivity contribution in [2.45, 2.75) is 25.8 Å². The fourth-order valence-electron chi connectivity index (χ4n) is 4.21. The molecule has 2 aliphatic rings. The topological polar surface area (TPSA) is 63.2 Å². The van der Waals surface area contributed by atoms with Gasteiger partial charge in [-0.3, -0.25) is 14.7 Å². The summed E-state index contributed by atoms with van der Waals surface area (Å²) in [5, 5.41) is 6.88. The molecule has 0 spiro atoms. The van der Waals surface area contributed by atoms with Gasteiger partial charge in [-0.1, -0.05) is 30.3 Å². The predicted octanol–water partition coefficient (Wildman–Crippen LogP) is 0.879. The molecule has 7 nitrogen and oxygen atoms in total. The van der Waals surface area contributed by atoms with Crippen LogP contribution in [0.3, 0.4) is 0 Å². The van der Waals surface area contributed by atoms with Crippen LogP contribution in [0, 0.1) is 5.92 Å². The Hall–Kier alpha value is -2.12. The van der Waals surface area contributed by atoms with Gasteiger partial charge < -0.3 is 20.4 Å². The zero-order chi connectivity index (χ0) is 21.3. The van der Waals surface area contributed by atoms with Gasteiger partial charge in [0.15, 0.2) is 5.96 Å². The van der Waals surface area contributed by atoms with Gasteiger partial charge in [-0.05, 0) is 26.0 Å². The molecule has 2 fully saturated rings. The minimum atomic E-state index is 0.268. The van der Waals surface area contributed by atoms with Crippen molar-refractivity contribution < 1.29 is 4.79 Å². The molecule has 1 amide bonds. The molecule has 2 heterocycles. The molecule has 2 aliphatic heterocycles. The molecule has 30 heavy (non-hydrogen) atoms. The number of benzene rings is 1. The SMILES string of the molecule is CN=C(NCC1CC(=O)N(CCc2ccccc2)C1)NCC(C)N1CCN(C)CC1. The Labute approximate surface area is 181 Å². The van der Waals surface area contributed by atoms with E-state index in [0.29, 0.717) is 18.4 Å². The predicted molar refractivity (Wildman–Crippen MR) is 123 cm³/mol. The molecule has 2 saturated heterocycles. The van der Waals surface area contributed by atoms with Gasteiger partial charge in [0.2, 0.25) is 5.91 Å². The lowest BCUT2D eigenvalue weighted by molar-refractivity contribution is -0.127. The molecule has 0 radical (unpaired) electrons. The third kappa shape index (κ3) is 6.71. The summed E-state index contributed by atoms with van der Waals surface area (Å²) in [5.41, 5.74) is 1.28. The van der Waals surface area contributed by atoms with Crippen LogP contribution in [0.25, 0.3) is 0 Å². The number of piperazine rings is 1. The maximum Gasteiger partial charge on any atom is 0.223 e. The minimum absolute atomic E-state index is 0.268. The van der Waals surface area contributed by atoms with Crippen molar-refractivity contribution in [2.24, 2.45) is 10.9 Å². The fourth-order valence-corrected chi connectivity index (χ4v) is 4.21. The summed E-state index contributed by atoms with van der Waals surface area (Å²) in [6, 6.07) is 10.8. The summed E-state index contributed by atoms with van der Waals surface area (Å²) in [4.78, 5) is 23.6. The highest BCUT2D eigenvalue weighted by Gasteiger charge is 2.29. The molecule has 2 atom stereocenters. The number of nitrogens with one attached hydrogen (secondary N) is 2. The van der Waals surface area contributed by atoms with Gasteiger partial charge in [0.25, 0.3) is 0 Å². The number of hydrogen-bond acceptors (Lipinski definition) is 4. The summed E-state index contributed by atoms with van der Waals surface area (Å²) in [6.07, 6.45) is 1.54. The lowest BCUT2D eigenvalue weighted by Crippen LogP contribution is -2.52. The van der Waals surface area contributed by atoms with E-state index >= 15 is 0 Å². The van der Waals surface area contributed by atoms with Crippen molar-refractivity contribution in [1.29, 1.82) is 0 Å². The number of hydrogen-bond donors (Lipinski definition) is 2. The van der Waals surface area contributed by atoms with Crippen LogP contribution >= 0.6 is 0 Å². The monoisotopic (exact) mass is 414 g/mol. The van der Waals surface area contributed by atoms with Crippen LogP contribution in [0.5, 0.6) is 0 Å². The normalized spacial score (nSPS) is 22.4. The second-order valence-corrected chi connectivity index (χ2v) is 8.67. The number of likely N-dealkylation sites (tertiary alicyclic amines) is 1. The number of amides is 1. The van der Waals surface area contributed by atoms with Crippen molar-refractivity contribution in [3.8, 4) is 0 Å². The standard InChI is InChI=1S/C23H38N6O/c1-19(28-13-11-27(3)12-14-28)16-25-23(24-2)26-17-21-15-22(30)29(18-21)10-9-20-7-5-4-6-8-20/h4-8,19,21H,9-18H2,1-3H3,(H2,24,25,26). The van der Waals surface area contributed by atoms with Crippen LogP contribution in [0.1, 0.15) is 18.9 Å². The van der Waals surface area contributed by atoms with Gasteiger partial charge in [-0.25, -0.2) is 0 Å². The maximum absolute atomic E-state index is 12.4. The highest BCUT2D eigenvalue weighted by atomic mass is 16.2. The van der Waals surface area contributed by atoms with E-state index in [2.05, 4.69) is 63.7 Å². The molecule has 0 bridgehead atoms. The Morgan fingerprint density at radius 2 is 1.90 bits per heavy atom. The molecular formula is C23H38N6O. The number of guanidine groups is 1. The number of carbonyl (C=O) groups is 1. The molecule has 166 valence electrons. The largest absolute Gasteiger partial charge is 0.356 e. The van der Waals surface area contributed by atoms with E-state index in [-0.39, 0.29) is 5.91 Å². The molecular weight excluding hydrogens is 376 g/mol. The fraction of sp³-hybridized carbons (Fsp3) is 0.652. The molecule has 1 aromatic rings. The summed E-state index contributed by atoms with van der Waals surface area (Å²) in [6.45, 7) is 10.0. The highest BCUT2D eigenvalue weighted by Crippen LogP contribution is 2.17. The minimum Gasteiger partial charge on any atom is -0.356 e. The van der Waals surface area contributed by atoms with E-state index in [4.69, 9.17) is 0 Å². The number of carbonyl (C=O) groups excluding carboxylic acids is 1. The van der Waals surface area contributed by atoms with Crippen molar-refractivity contribution in [1.82, 2.24) is 25.3 Å². The van der Waals surface area contributed by atoms with Crippen LogP contribution in [-0.2, 0) is 11.2 Å². The molecule has 0 aliphatic carbocycles. The van der Waals surface area contributed by atoms with E-state index in [9.17, 15) is 4.79 Å². The Morgan fingerprint density at radius 1 is 1.17 bits per heavy atom. The highest BCUT2D eigenvalue weighted by molar-refractivity contribution is 5.80. The first kappa shape index (κ1) is 22.6. The van der Waals surface area contributed by atoms with E-state index in [1.54, 1.807) is 0 Å². The quantitative estimate of drug-likeness (QED) is 0.488. The van der Waals surface area contributed by atoms with Gasteiger partial charge in [-0.2, -0.15) is 0 Å². The lowest BCUT2D eigenvalue weighted by atomic mass is 10.1. The number of likely N-dealkylation sites (N-methyl/N-ethyl adjacent to an activating group) is 1. The van der Waals surface area contributed by atoms with Gasteiger partial charge in [0.1, 0.15) is 0 Å². The van der Waals surface area contributed by atoms with Crippen molar-refractivity contribution in [3.63, 3.8) is 0 Å². The smallest absolute Gasteiger partial charge is 0.223 e. The van der Waals surface area contributed by atoms with Gasteiger partial charge in [-0.15, -0.1) is 0 Å². The summed E-state index contributed by atoms with van der Waals surface area (Å²) in [7, 11) is 3.99. The molecule has 2 N–H and O–H groups in total. The third-order valence-electron chi connectivity index (χ3n) is 6.32. The van der Waals surface area contributed by atoms with Gasteiger partial charge in [0, 0.05) is 77.8 Å². The number of nitrogens with zero attached hydrogens (tertiary/aromatic N) is 4. The van der Waals surface area contributed by atoms with Gasteiger partial charge in [0.05, 0.1) is 0 Å². The van der Waals surface area contributed by atoms with Crippen LogP contribution in [-0.4, -0.2) is 99.1 Å². The molecule has 0 saturated carbocycles. The Balaban J connectivity index is 1.36. The van der Waals surface area contributed by atoms with Crippen LogP contribution in [0.4, 0.5) is 0 Å². The zero-order valence-electron chi connectivity index (χ0n) is 18.8. The van der Waals surface area contributed by atoms with E-state index in [1.165, 1.54) is 5.56 Å². The van der Waals surface area contributed by atoms with Crippen LogP contribution in [0.15, 0.2) is 35.3 Å². The molecule has 1 aromatic carbocycles. The lowest BCUT2D eigenvalue weighted by Gasteiger charge is -2.36. The van der Waals surface area contributed by atoms with E-state index in [0.717, 1.165) is 64.7 Å². The maximum atomic E-state index is 12.4. The van der Waals surface area contributed by atoms with Crippen molar-refractivity contribution in [3.05, 3.63) is 35.9 Å². The first-order chi connectivity index (χ1) is 14.5. The van der Waals surface area contributed by atoms with E-state index < -0.39 is 0 Å². The summed E-state index contributed by atoms with van der Waals surface area (Å²) >= 11 is 0. The Bertz CT molecular complexity index is 686. The Morgan fingerprint density at radius 3 is 2.60 bits per heavy atom. The third-order valence-corrected chi connectivity index (χ3v) is 6.32. The average molecular weight is 415 g/mol. The van der Waals surface area contributed by atoms with Crippen molar-refractivity contribution in [2.75, 3.05) is 66.5 Å². The Kier molecular flexibility index (Phi) is 8.51. The average Bonchev–Trinajstić information content (AvgIpc) is 3.13. The molecule has 7 heteroatoms. The second kappa shape index (κ2) is 11.3. The first-order valence-electron chi connectivity index (χ1n) is 11.2. The number of aliphatic imine (C=N–C) groups is 1. The molecule has 0 aromatic heterocycles.